The number of hydrogen-bond acceptors (Lipinski definition) is 4. The van der Waals surface area contributed by atoms with Gasteiger partial charge in [0.2, 0.25) is 0 Å². The Kier molecular flexibility index (Phi) is 7.08. The van der Waals surface area contributed by atoms with Gasteiger partial charge in [0.15, 0.2) is 5.76 Å². The minimum atomic E-state index is -0.536. The van der Waals surface area contributed by atoms with Crippen LogP contribution in [0.25, 0.3) is 11.1 Å². The molecule has 0 N–H and O–H groups in total. The monoisotopic (exact) mass is 426 g/mol. The number of piperidine rings is 1. The van der Waals surface area contributed by atoms with Crippen molar-refractivity contribution in [3.63, 3.8) is 0 Å². The van der Waals surface area contributed by atoms with Crippen molar-refractivity contribution >= 4 is 12.0 Å². The van der Waals surface area contributed by atoms with Gasteiger partial charge >= 0.3 is 6.09 Å². The Balaban J connectivity index is 1.70. The zero-order chi connectivity index (χ0) is 22.6. The average Bonchev–Trinajstić information content (AvgIpc) is 3.20. The smallest absolute Gasteiger partial charge is 0.410 e. The summed E-state index contributed by atoms with van der Waals surface area (Å²) in [7, 11) is 0. The third-order valence-electron chi connectivity index (χ3n) is 5.46. The molecule has 1 aliphatic heterocycles. The van der Waals surface area contributed by atoms with Crippen LogP contribution >= 0.6 is 0 Å². The fourth-order valence-corrected chi connectivity index (χ4v) is 3.96. The van der Waals surface area contributed by atoms with Crippen molar-refractivity contribution in [3.05, 3.63) is 48.4 Å². The van der Waals surface area contributed by atoms with E-state index >= 15 is 0 Å². The van der Waals surface area contributed by atoms with Gasteiger partial charge in [-0.1, -0.05) is 30.3 Å². The molecule has 1 fully saturated rings. The predicted molar refractivity (Wildman–Crippen MR) is 121 cm³/mol. The fraction of sp³-hybridized carbons (Fsp3) is 0.520. The largest absolute Gasteiger partial charge is 0.459 e. The second kappa shape index (κ2) is 9.58. The average molecular weight is 427 g/mol. The van der Waals surface area contributed by atoms with E-state index in [0.29, 0.717) is 25.4 Å². The number of carbonyl (C=O) groups excluding carboxylic acids is 2. The summed E-state index contributed by atoms with van der Waals surface area (Å²) in [6.07, 6.45) is 3.14. The minimum absolute atomic E-state index is 0.0238. The summed E-state index contributed by atoms with van der Waals surface area (Å²) in [6.45, 7) is 11.5. The van der Waals surface area contributed by atoms with Crippen LogP contribution in [0, 0.1) is 5.92 Å². The summed E-state index contributed by atoms with van der Waals surface area (Å²) < 4.78 is 11.2. The fourth-order valence-electron chi connectivity index (χ4n) is 3.96. The van der Waals surface area contributed by atoms with Gasteiger partial charge in [-0.2, -0.15) is 0 Å². The second-order valence-corrected chi connectivity index (χ2v) is 9.52. The van der Waals surface area contributed by atoms with Crippen LogP contribution in [0.2, 0.25) is 0 Å². The number of ether oxygens (including phenoxy) is 1. The third kappa shape index (κ3) is 5.90. The minimum Gasteiger partial charge on any atom is -0.459 e. The first-order valence-corrected chi connectivity index (χ1v) is 11.1. The molecule has 0 radical (unpaired) electrons. The number of likely N-dealkylation sites (tertiary alicyclic amines) is 1. The van der Waals surface area contributed by atoms with Crippen LogP contribution in [0.3, 0.4) is 0 Å². The molecular formula is C25H34N2O4. The van der Waals surface area contributed by atoms with Gasteiger partial charge < -0.3 is 19.0 Å². The van der Waals surface area contributed by atoms with Crippen molar-refractivity contribution in [2.24, 2.45) is 5.92 Å². The van der Waals surface area contributed by atoms with Gasteiger partial charge in [0.25, 0.3) is 5.91 Å². The summed E-state index contributed by atoms with van der Waals surface area (Å²) in [5.41, 5.74) is 1.24. The number of carbonyl (C=O) groups is 2. The Bertz CT molecular complexity index is 882. The molecule has 1 unspecified atom stereocenters. The number of hydrogen-bond donors (Lipinski definition) is 0. The molecule has 0 aliphatic carbocycles. The normalized spacial score (nSPS) is 17.0. The van der Waals surface area contributed by atoms with E-state index < -0.39 is 5.60 Å². The van der Waals surface area contributed by atoms with E-state index in [4.69, 9.17) is 9.15 Å². The van der Waals surface area contributed by atoms with Crippen LogP contribution in [0.15, 0.2) is 47.1 Å². The van der Waals surface area contributed by atoms with Crippen molar-refractivity contribution in [1.29, 1.82) is 0 Å². The van der Waals surface area contributed by atoms with E-state index in [-0.39, 0.29) is 24.0 Å². The van der Waals surface area contributed by atoms with Crippen molar-refractivity contribution < 1.29 is 18.7 Å². The highest BCUT2D eigenvalue weighted by molar-refractivity contribution is 5.98. The molecule has 2 heterocycles. The summed E-state index contributed by atoms with van der Waals surface area (Å²) in [5.74, 6) is 0.476. The molecular weight excluding hydrogens is 392 g/mol. The first-order chi connectivity index (χ1) is 14.7. The molecule has 0 saturated carbocycles. The zero-order valence-corrected chi connectivity index (χ0v) is 19.3. The Morgan fingerprint density at radius 1 is 1.19 bits per heavy atom. The van der Waals surface area contributed by atoms with Gasteiger partial charge in [-0.05, 0) is 65.0 Å². The molecule has 1 aromatic carbocycles. The van der Waals surface area contributed by atoms with E-state index in [2.05, 4.69) is 0 Å². The second-order valence-electron chi connectivity index (χ2n) is 9.52. The molecule has 1 aliphatic rings. The summed E-state index contributed by atoms with van der Waals surface area (Å²) in [6, 6.07) is 11.7. The summed E-state index contributed by atoms with van der Waals surface area (Å²) in [4.78, 5) is 29.6. The van der Waals surface area contributed by atoms with E-state index in [0.717, 1.165) is 24.0 Å². The molecule has 6 nitrogen and oxygen atoms in total. The molecule has 1 saturated heterocycles. The van der Waals surface area contributed by atoms with Crippen molar-refractivity contribution in [2.45, 2.75) is 59.1 Å². The predicted octanol–water partition coefficient (Wildman–Crippen LogP) is 5.44. The Morgan fingerprint density at radius 2 is 1.90 bits per heavy atom. The molecule has 168 valence electrons. The lowest BCUT2D eigenvalue weighted by atomic mass is 9.96. The van der Waals surface area contributed by atoms with Gasteiger partial charge in [-0.25, -0.2) is 4.79 Å². The van der Waals surface area contributed by atoms with Crippen LogP contribution in [0.4, 0.5) is 4.79 Å². The van der Waals surface area contributed by atoms with Crippen molar-refractivity contribution in [2.75, 3.05) is 19.6 Å². The number of rotatable bonds is 5. The molecule has 0 bridgehead atoms. The van der Waals surface area contributed by atoms with Gasteiger partial charge in [0.1, 0.15) is 5.60 Å². The quantitative estimate of drug-likeness (QED) is 0.638. The number of benzene rings is 1. The molecule has 2 amide bonds. The lowest BCUT2D eigenvalue weighted by molar-refractivity contribution is 0.0122. The van der Waals surface area contributed by atoms with Crippen LogP contribution in [-0.2, 0) is 4.74 Å². The SMILES string of the molecule is CC(C)N(CC1CCCN(C(=O)c2occc2-c2ccccc2)C1)C(=O)OC(C)(C)C. The maximum atomic E-state index is 13.3. The van der Waals surface area contributed by atoms with Crippen LogP contribution < -0.4 is 0 Å². The lowest BCUT2D eigenvalue weighted by Gasteiger charge is -2.37. The van der Waals surface area contributed by atoms with E-state index in [1.54, 1.807) is 11.2 Å². The van der Waals surface area contributed by atoms with E-state index in [1.807, 2.05) is 75.9 Å². The maximum Gasteiger partial charge on any atom is 0.410 e. The third-order valence-corrected chi connectivity index (χ3v) is 5.46. The standard InChI is InChI=1S/C25H34N2O4/c1-18(2)27(24(29)31-25(3,4)5)17-19-10-9-14-26(16-19)23(28)22-21(13-15-30-22)20-11-7-6-8-12-20/h6-8,11-13,15,18-19H,9-10,14,16-17H2,1-5H3. The maximum absolute atomic E-state index is 13.3. The van der Waals surface area contributed by atoms with Gasteiger partial charge in [-0.15, -0.1) is 0 Å². The first-order valence-electron chi connectivity index (χ1n) is 11.1. The molecule has 1 aromatic heterocycles. The Hall–Kier alpha value is -2.76. The Morgan fingerprint density at radius 3 is 2.55 bits per heavy atom. The van der Waals surface area contributed by atoms with Crippen LogP contribution in [-0.4, -0.2) is 53.1 Å². The van der Waals surface area contributed by atoms with Gasteiger partial charge in [0.05, 0.1) is 6.26 Å². The summed E-state index contributed by atoms with van der Waals surface area (Å²) in [5, 5.41) is 0. The molecule has 6 heteroatoms. The zero-order valence-electron chi connectivity index (χ0n) is 19.3. The molecule has 1 atom stereocenters. The van der Waals surface area contributed by atoms with Crippen molar-refractivity contribution in [1.82, 2.24) is 9.80 Å². The van der Waals surface area contributed by atoms with Gasteiger partial charge in [0, 0.05) is 31.2 Å². The van der Waals surface area contributed by atoms with Crippen molar-refractivity contribution in [3.8, 4) is 11.1 Å². The van der Waals surface area contributed by atoms with E-state index in [1.165, 1.54) is 0 Å². The first kappa shape index (κ1) is 22.9. The number of amides is 2. The number of nitrogens with zero attached hydrogens (tertiary/aromatic N) is 2. The van der Waals surface area contributed by atoms with Crippen LogP contribution in [0.5, 0.6) is 0 Å². The number of furan rings is 1. The van der Waals surface area contributed by atoms with E-state index in [9.17, 15) is 9.59 Å². The summed E-state index contributed by atoms with van der Waals surface area (Å²) >= 11 is 0. The highest BCUT2D eigenvalue weighted by Crippen LogP contribution is 2.28. The molecule has 0 spiro atoms. The lowest BCUT2D eigenvalue weighted by Crippen LogP contribution is -2.48. The molecule has 31 heavy (non-hydrogen) atoms. The Labute approximate surface area is 185 Å². The topological polar surface area (TPSA) is 63.0 Å². The van der Waals surface area contributed by atoms with Gasteiger partial charge in [-0.3, -0.25) is 4.79 Å². The molecule has 3 rings (SSSR count). The highest BCUT2D eigenvalue weighted by Gasteiger charge is 2.32. The molecule has 2 aromatic rings. The highest BCUT2D eigenvalue weighted by atomic mass is 16.6. The van der Waals surface area contributed by atoms with Crippen LogP contribution in [0.1, 0.15) is 58.0 Å².